The third-order valence-electron chi connectivity index (χ3n) is 3.96. The fraction of sp³-hybridized carbons (Fsp3) is 0.444. The van der Waals surface area contributed by atoms with Crippen LogP contribution in [0.4, 0.5) is 9.18 Å². The normalized spacial score (nSPS) is 18.0. The molecular weight excluding hydrogens is 309 g/mol. The van der Waals surface area contributed by atoms with Crippen LogP contribution in [-0.4, -0.2) is 39.5 Å². The van der Waals surface area contributed by atoms with Gasteiger partial charge >= 0.3 is 6.09 Å². The van der Waals surface area contributed by atoms with E-state index in [4.69, 9.17) is 4.74 Å². The molecule has 6 heteroatoms. The van der Waals surface area contributed by atoms with E-state index in [0.29, 0.717) is 13.1 Å². The summed E-state index contributed by atoms with van der Waals surface area (Å²) < 4.78 is 20.2. The van der Waals surface area contributed by atoms with Crippen LogP contribution in [0.2, 0.25) is 0 Å². The largest absolute Gasteiger partial charge is 0.444 e. The van der Waals surface area contributed by atoms with Crippen molar-refractivity contribution >= 4 is 6.09 Å². The van der Waals surface area contributed by atoms with E-state index >= 15 is 0 Å². The Labute approximate surface area is 141 Å². The summed E-state index contributed by atoms with van der Waals surface area (Å²) in [7, 11) is 0. The van der Waals surface area contributed by atoms with Gasteiger partial charge in [0, 0.05) is 25.2 Å². The van der Waals surface area contributed by atoms with E-state index in [1.807, 2.05) is 33.0 Å². The van der Waals surface area contributed by atoms with Crippen molar-refractivity contribution in [3.05, 3.63) is 48.0 Å². The Kier molecular flexibility index (Phi) is 4.30. The lowest BCUT2D eigenvalue weighted by atomic mass is 10.1. The number of halogens is 1. The lowest BCUT2D eigenvalue weighted by Gasteiger charge is -2.24. The zero-order valence-electron chi connectivity index (χ0n) is 14.2. The number of likely N-dealkylation sites (tertiary alicyclic amines) is 1. The molecule has 1 amide bonds. The molecule has 1 aliphatic rings. The van der Waals surface area contributed by atoms with Crippen LogP contribution in [0.1, 0.15) is 38.8 Å². The molecule has 0 saturated carbocycles. The SMILES string of the molecule is CC(C)(C)OC(=O)N1CCC(c2ccn(-c3ccc(F)cc3)n2)C1. The molecule has 1 aromatic heterocycles. The molecule has 128 valence electrons. The number of rotatable bonds is 2. The maximum Gasteiger partial charge on any atom is 0.410 e. The number of carbonyl (C=O) groups is 1. The van der Waals surface area contributed by atoms with Gasteiger partial charge in [0.25, 0.3) is 0 Å². The molecule has 0 radical (unpaired) electrons. The van der Waals surface area contributed by atoms with Crippen LogP contribution in [-0.2, 0) is 4.74 Å². The summed E-state index contributed by atoms with van der Waals surface area (Å²) in [5.74, 6) is -0.0749. The predicted octanol–water partition coefficient (Wildman–Crippen LogP) is 3.74. The zero-order chi connectivity index (χ0) is 17.3. The number of hydrogen-bond donors (Lipinski definition) is 0. The van der Waals surface area contributed by atoms with Gasteiger partial charge in [-0.2, -0.15) is 5.10 Å². The fourth-order valence-corrected chi connectivity index (χ4v) is 2.79. The second-order valence-corrected chi connectivity index (χ2v) is 7.07. The van der Waals surface area contributed by atoms with E-state index < -0.39 is 5.60 Å². The maximum atomic E-state index is 13.0. The van der Waals surface area contributed by atoms with Crippen LogP contribution in [0.3, 0.4) is 0 Å². The van der Waals surface area contributed by atoms with Crippen molar-refractivity contribution in [2.24, 2.45) is 0 Å². The minimum atomic E-state index is -0.487. The van der Waals surface area contributed by atoms with Gasteiger partial charge in [0.2, 0.25) is 0 Å². The molecule has 1 aromatic carbocycles. The van der Waals surface area contributed by atoms with Gasteiger partial charge in [-0.3, -0.25) is 0 Å². The average Bonchev–Trinajstić information content (AvgIpc) is 3.15. The van der Waals surface area contributed by atoms with Gasteiger partial charge in [-0.05, 0) is 57.5 Å². The smallest absolute Gasteiger partial charge is 0.410 e. The summed E-state index contributed by atoms with van der Waals surface area (Å²) in [6, 6.07) is 8.15. The number of carbonyl (C=O) groups excluding carboxylic acids is 1. The van der Waals surface area contributed by atoms with E-state index in [-0.39, 0.29) is 17.8 Å². The molecule has 2 heterocycles. The van der Waals surface area contributed by atoms with Crippen molar-refractivity contribution in [2.75, 3.05) is 13.1 Å². The summed E-state index contributed by atoms with van der Waals surface area (Å²) in [6.45, 7) is 6.87. The number of amides is 1. The average molecular weight is 331 g/mol. The number of aromatic nitrogens is 2. The Bertz CT molecular complexity index is 719. The first kappa shape index (κ1) is 16.5. The van der Waals surface area contributed by atoms with Crippen LogP contribution in [0.25, 0.3) is 5.69 Å². The van der Waals surface area contributed by atoms with Gasteiger partial charge in [0.05, 0.1) is 11.4 Å². The van der Waals surface area contributed by atoms with E-state index in [1.54, 1.807) is 21.7 Å². The number of benzene rings is 1. The molecule has 1 fully saturated rings. The zero-order valence-corrected chi connectivity index (χ0v) is 14.2. The molecule has 2 aromatic rings. The molecule has 3 rings (SSSR count). The van der Waals surface area contributed by atoms with E-state index in [9.17, 15) is 9.18 Å². The summed E-state index contributed by atoms with van der Waals surface area (Å²) >= 11 is 0. The molecule has 1 aliphatic heterocycles. The fourth-order valence-electron chi connectivity index (χ4n) is 2.79. The minimum Gasteiger partial charge on any atom is -0.444 e. The third-order valence-corrected chi connectivity index (χ3v) is 3.96. The Hall–Kier alpha value is -2.37. The lowest BCUT2D eigenvalue weighted by molar-refractivity contribution is 0.0292. The Morgan fingerprint density at radius 1 is 1.25 bits per heavy atom. The van der Waals surface area contributed by atoms with Crippen molar-refractivity contribution in [2.45, 2.75) is 38.7 Å². The molecule has 1 saturated heterocycles. The van der Waals surface area contributed by atoms with Crippen LogP contribution in [0, 0.1) is 5.82 Å². The van der Waals surface area contributed by atoms with Crippen molar-refractivity contribution in [1.29, 1.82) is 0 Å². The molecule has 1 atom stereocenters. The van der Waals surface area contributed by atoms with Crippen molar-refractivity contribution in [3.8, 4) is 5.69 Å². The molecule has 0 spiro atoms. The second kappa shape index (κ2) is 6.26. The van der Waals surface area contributed by atoms with Gasteiger partial charge in [0.1, 0.15) is 11.4 Å². The van der Waals surface area contributed by atoms with Crippen molar-refractivity contribution in [3.63, 3.8) is 0 Å². The molecular formula is C18H22FN3O2. The van der Waals surface area contributed by atoms with Gasteiger partial charge in [-0.25, -0.2) is 13.9 Å². The number of ether oxygens (including phenoxy) is 1. The lowest BCUT2D eigenvalue weighted by Crippen LogP contribution is -2.35. The molecule has 24 heavy (non-hydrogen) atoms. The van der Waals surface area contributed by atoms with E-state index in [0.717, 1.165) is 17.8 Å². The number of hydrogen-bond acceptors (Lipinski definition) is 3. The third kappa shape index (κ3) is 3.75. The molecule has 5 nitrogen and oxygen atoms in total. The highest BCUT2D eigenvalue weighted by atomic mass is 19.1. The summed E-state index contributed by atoms with van der Waals surface area (Å²) in [5, 5.41) is 4.58. The van der Waals surface area contributed by atoms with E-state index in [1.165, 1.54) is 12.1 Å². The molecule has 0 N–H and O–H groups in total. The van der Waals surface area contributed by atoms with Gasteiger partial charge in [-0.15, -0.1) is 0 Å². The second-order valence-electron chi connectivity index (χ2n) is 7.07. The van der Waals surface area contributed by atoms with Crippen LogP contribution >= 0.6 is 0 Å². The van der Waals surface area contributed by atoms with Crippen LogP contribution in [0.15, 0.2) is 36.5 Å². The Morgan fingerprint density at radius 3 is 2.62 bits per heavy atom. The molecule has 1 unspecified atom stereocenters. The van der Waals surface area contributed by atoms with Crippen LogP contribution < -0.4 is 0 Å². The first-order valence-corrected chi connectivity index (χ1v) is 8.11. The molecule has 0 bridgehead atoms. The topological polar surface area (TPSA) is 47.4 Å². The quantitative estimate of drug-likeness (QED) is 0.842. The van der Waals surface area contributed by atoms with Gasteiger partial charge in [-0.1, -0.05) is 0 Å². The van der Waals surface area contributed by atoms with Crippen molar-refractivity contribution < 1.29 is 13.9 Å². The monoisotopic (exact) mass is 331 g/mol. The first-order chi connectivity index (χ1) is 11.3. The highest BCUT2D eigenvalue weighted by Crippen LogP contribution is 2.27. The number of nitrogens with zero attached hydrogens (tertiary/aromatic N) is 3. The maximum absolute atomic E-state index is 13.0. The Balaban J connectivity index is 1.66. The molecule has 0 aliphatic carbocycles. The Morgan fingerprint density at radius 2 is 1.96 bits per heavy atom. The highest BCUT2D eigenvalue weighted by Gasteiger charge is 2.31. The van der Waals surface area contributed by atoms with E-state index in [2.05, 4.69) is 5.10 Å². The van der Waals surface area contributed by atoms with Gasteiger partial charge < -0.3 is 9.64 Å². The van der Waals surface area contributed by atoms with Crippen molar-refractivity contribution in [1.82, 2.24) is 14.7 Å². The standard InChI is InChI=1S/C18H22FN3O2/c1-18(2,3)24-17(23)21-10-8-13(12-21)16-9-11-22(20-16)15-6-4-14(19)5-7-15/h4-7,9,11,13H,8,10,12H2,1-3H3. The minimum absolute atomic E-state index is 0.194. The highest BCUT2D eigenvalue weighted by molar-refractivity contribution is 5.68. The van der Waals surface area contributed by atoms with Gasteiger partial charge in [0.15, 0.2) is 0 Å². The summed E-state index contributed by atoms with van der Waals surface area (Å²) in [5.41, 5.74) is 1.26. The predicted molar refractivity (Wildman–Crippen MR) is 88.7 cm³/mol. The first-order valence-electron chi connectivity index (χ1n) is 8.11. The summed E-state index contributed by atoms with van der Waals surface area (Å²) in [6.07, 6.45) is 2.45. The summed E-state index contributed by atoms with van der Waals surface area (Å²) in [4.78, 5) is 13.9. The van der Waals surface area contributed by atoms with Crippen LogP contribution in [0.5, 0.6) is 0 Å².